The van der Waals surface area contributed by atoms with Crippen molar-refractivity contribution in [2.24, 2.45) is 0 Å². The Morgan fingerprint density at radius 2 is 1.67 bits per heavy atom. The summed E-state index contributed by atoms with van der Waals surface area (Å²) in [4.78, 5) is 27.9. The summed E-state index contributed by atoms with van der Waals surface area (Å²) >= 11 is 0. The lowest BCUT2D eigenvalue weighted by Gasteiger charge is -2.56. The SMILES string of the molecule is COC(=O)c1ccc(N2CC3CC(C2)N3C(=O)OC(C)(C)C)cc1. The number of piperidine rings is 1. The number of ether oxygens (including phenoxy) is 2. The zero-order valence-corrected chi connectivity index (χ0v) is 14.6. The van der Waals surface area contributed by atoms with E-state index in [0.29, 0.717) is 5.56 Å². The van der Waals surface area contributed by atoms with E-state index in [9.17, 15) is 9.59 Å². The Morgan fingerprint density at radius 1 is 1.08 bits per heavy atom. The number of piperazine rings is 1. The highest BCUT2D eigenvalue weighted by molar-refractivity contribution is 5.89. The summed E-state index contributed by atoms with van der Waals surface area (Å²) in [6.45, 7) is 7.22. The van der Waals surface area contributed by atoms with Crippen molar-refractivity contribution in [2.75, 3.05) is 25.1 Å². The molecule has 4 rings (SSSR count). The summed E-state index contributed by atoms with van der Waals surface area (Å²) in [6.07, 6.45) is 0.806. The van der Waals surface area contributed by atoms with Crippen LogP contribution in [-0.4, -0.2) is 54.8 Å². The standard InChI is InChI=1S/C18H24N2O4/c1-18(2,3)24-17(22)20-14-9-15(20)11-19(10-14)13-7-5-12(6-8-13)16(21)23-4/h5-8,14-15H,9-11H2,1-4H3. The van der Waals surface area contributed by atoms with E-state index >= 15 is 0 Å². The van der Waals surface area contributed by atoms with Gasteiger partial charge in [0.05, 0.1) is 24.8 Å². The Morgan fingerprint density at radius 3 is 2.17 bits per heavy atom. The van der Waals surface area contributed by atoms with Crippen LogP contribution in [0.4, 0.5) is 10.5 Å². The number of hydrogen-bond donors (Lipinski definition) is 0. The Kier molecular flexibility index (Phi) is 4.15. The average molecular weight is 332 g/mol. The fraction of sp³-hybridized carbons (Fsp3) is 0.556. The molecule has 2 unspecified atom stereocenters. The molecule has 6 nitrogen and oxygen atoms in total. The molecular weight excluding hydrogens is 308 g/mol. The molecule has 0 aromatic heterocycles. The van der Waals surface area contributed by atoms with Crippen LogP contribution in [0.2, 0.25) is 0 Å². The highest BCUT2D eigenvalue weighted by Gasteiger charge is 2.48. The van der Waals surface area contributed by atoms with Gasteiger partial charge >= 0.3 is 12.1 Å². The average Bonchev–Trinajstić information content (AvgIpc) is 2.52. The molecule has 1 aromatic carbocycles. The molecule has 1 aromatic rings. The van der Waals surface area contributed by atoms with Gasteiger partial charge in [-0.25, -0.2) is 9.59 Å². The predicted octanol–water partition coefficient (Wildman–Crippen LogP) is 2.67. The number of benzene rings is 1. The topological polar surface area (TPSA) is 59.1 Å². The number of methoxy groups -OCH3 is 1. The summed E-state index contributed by atoms with van der Waals surface area (Å²) < 4.78 is 10.2. The van der Waals surface area contributed by atoms with Crippen LogP contribution < -0.4 is 4.90 Å². The van der Waals surface area contributed by atoms with Crippen molar-refractivity contribution < 1.29 is 19.1 Å². The largest absolute Gasteiger partial charge is 0.465 e. The summed E-state index contributed by atoms with van der Waals surface area (Å²) in [6, 6.07) is 7.78. The summed E-state index contributed by atoms with van der Waals surface area (Å²) in [5.74, 6) is -0.334. The highest BCUT2D eigenvalue weighted by atomic mass is 16.6. The van der Waals surface area contributed by atoms with Crippen LogP contribution in [0.15, 0.2) is 24.3 Å². The Labute approximate surface area is 142 Å². The van der Waals surface area contributed by atoms with Gasteiger partial charge in [-0.2, -0.15) is 0 Å². The van der Waals surface area contributed by atoms with Gasteiger partial charge in [0.1, 0.15) is 5.60 Å². The molecular formula is C18H24N2O4. The monoisotopic (exact) mass is 332 g/mol. The quantitative estimate of drug-likeness (QED) is 0.779. The molecule has 0 radical (unpaired) electrons. The minimum atomic E-state index is -0.468. The second kappa shape index (κ2) is 6.00. The van der Waals surface area contributed by atoms with E-state index < -0.39 is 5.60 Å². The van der Waals surface area contributed by atoms with Gasteiger partial charge < -0.3 is 14.4 Å². The molecule has 2 atom stereocenters. The van der Waals surface area contributed by atoms with Crippen molar-refractivity contribution >= 4 is 17.7 Å². The lowest BCUT2D eigenvalue weighted by molar-refractivity contribution is -0.0379. The normalized spacial score (nSPS) is 22.7. The zero-order valence-electron chi connectivity index (χ0n) is 14.6. The first-order valence-electron chi connectivity index (χ1n) is 8.23. The van der Waals surface area contributed by atoms with Crippen molar-refractivity contribution in [3.8, 4) is 0 Å². The molecule has 6 heteroatoms. The number of nitrogens with zero attached hydrogens (tertiary/aromatic N) is 2. The van der Waals surface area contributed by atoms with E-state index in [0.717, 1.165) is 25.2 Å². The lowest BCUT2D eigenvalue weighted by atomic mass is 9.87. The Balaban J connectivity index is 1.63. The van der Waals surface area contributed by atoms with Gasteiger partial charge in [0.15, 0.2) is 0 Å². The first-order chi connectivity index (χ1) is 11.3. The van der Waals surface area contributed by atoms with Crippen LogP contribution in [-0.2, 0) is 9.47 Å². The summed E-state index contributed by atoms with van der Waals surface area (Å²) in [5.41, 5.74) is 1.13. The third-order valence-electron chi connectivity index (χ3n) is 4.45. The van der Waals surface area contributed by atoms with E-state index in [-0.39, 0.29) is 24.1 Å². The summed E-state index contributed by atoms with van der Waals surface area (Å²) in [5, 5.41) is 0. The van der Waals surface area contributed by atoms with Crippen LogP contribution in [0.3, 0.4) is 0 Å². The first kappa shape index (κ1) is 16.6. The molecule has 0 N–H and O–H groups in total. The maximum absolute atomic E-state index is 12.3. The summed E-state index contributed by atoms with van der Waals surface area (Å²) in [7, 11) is 1.37. The van der Waals surface area contributed by atoms with Crippen molar-refractivity contribution in [2.45, 2.75) is 44.9 Å². The van der Waals surface area contributed by atoms with Gasteiger partial charge in [-0.05, 0) is 51.5 Å². The Hall–Kier alpha value is -2.24. The van der Waals surface area contributed by atoms with Gasteiger partial charge in [0.25, 0.3) is 0 Å². The second-order valence-electron chi connectivity index (χ2n) is 7.37. The third kappa shape index (κ3) is 3.18. The zero-order chi connectivity index (χ0) is 17.5. The predicted molar refractivity (Wildman–Crippen MR) is 90.3 cm³/mol. The fourth-order valence-corrected chi connectivity index (χ4v) is 3.36. The van der Waals surface area contributed by atoms with Gasteiger partial charge in [0.2, 0.25) is 0 Å². The molecule has 130 valence electrons. The maximum Gasteiger partial charge on any atom is 0.410 e. The van der Waals surface area contributed by atoms with Crippen LogP contribution in [0.1, 0.15) is 37.6 Å². The van der Waals surface area contributed by atoms with Crippen LogP contribution in [0.5, 0.6) is 0 Å². The highest BCUT2D eigenvalue weighted by Crippen LogP contribution is 2.35. The second-order valence-corrected chi connectivity index (χ2v) is 7.37. The van der Waals surface area contributed by atoms with Gasteiger partial charge in [-0.1, -0.05) is 0 Å². The Bertz CT molecular complexity index is 623. The minimum absolute atomic E-state index is 0.193. The van der Waals surface area contributed by atoms with E-state index in [2.05, 4.69) is 4.90 Å². The minimum Gasteiger partial charge on any atom is -0.465 e. The molecule has 2 bridgehead atoms. The van der Waals surface area contributed by atoms with Crippen molar-refractivity contribution in [3.63, 3.8) is 0 Å². The molecule has 0 saturated carbocycles. The van der Waals surface area contributed by atoms with E-state index in [1.54, 1.807) is 12.1 Å². The number of rotatable bonds is 2. The van der Waals surface area contributed by atoms with E-state index in [1.807, 2.05) is 37.8 Å². The molecule has 1 amide bonds. The molecule has 3 aliphatic heterocycles. The van der Waals surface area contributed by atoms with Gasteiger partial charge in [-0.3, -0.25) is 4.90 Å². The molecule has 3 heterocycles. The number of esters is 1. The number of amides is 1. The van der Waals surface area contributed by atoms with E-state index in [1.165, 1.54) is 7.11 Å². The number of carbonyl (C=O) groups is 2. The van der Waals surface area contributed by atoms with Crippen LogP contribution in [0, 0.1) is 0 Å². The van der Waals surface area contributed by atoms with Crippen molar-refractivity contribution in [3.05, 3.63) is 29.8 Å². The lowest BCUT2D eigenvalue weighted by Crippen LogP contribution is -2.70. The third-order valence-corrected chi connectivity index (χ3v) is 4.45. The molecule has 3 aliphatic rings. The first-order valence-corrected chi connectivity index (χ1v) is 8.23. The van der Waals surface area contributed by atoms with E-state index in [4.69, 9.17) is 9.47 Å². The van der Waals surface area contributed by atoms with Crippen molar-refractivity contribution in [1.29, 1.82) is 0 Å². The number of anilines is 1. The molecule has 24 heavy (non-hydrogen) atoms. The molecule has 0 spiro atoms. The van der Waals surface area contributed by atoms with Gasteiger partial charge in [0, 0.05) is 18.8 Å². The number of hydrogen-bond acceptors (Lipinski definition) is 5. The molecule has 0 aliphatic carbocycles. The molecule has 3 fully saturated rings. The van der Waals surface area contributed by atoms with Crippen molar-refractivity contribution in [1.82, 2.24) is 4.90 Å². The van der Waals surface area contributed by atoms with Gasteiger partial charge in [-0.15, -0.1) is 0 Å². The van der Waals surface area contributed by atoms with Crippen LogP contribution >= 0.6 is 0 Å². The smallest absolute Gasteiger partial charge is 0.410 e. The molecule has 3 saturated heterocycles. The van der Waals surface area contributed by atoms with Crippen LogP contribution in [0.25, 0.3) is 0 Å². The fourth-order valence-electron chi connectivity index (χ4n) is 3.36. The number of carbonyl (C=O) groups excluding carboxylic acids is 2. The number of fused-ring (bicyclic) bond motifs is 2. The maximum atomic E-state index is 12.3.